The lowest BCUT2D eigenvalue weighted by Crippen LogP contribution is -2.45. The molecule has 0 aliphatic carbocycles. The molecule has 1 aromatic carbocycles. The topological polar surface area (TPSA) is 53.6 Å². The molecule has 116 valence electrons. The first-order valence-corrected chi connectivity index (χ1v) is 7.63. The van der Waals surface area contributed by atoms with E-state index in [0.717, 1.165) is 30.9 Å². The molecule has 1 heterocycles. The van der Waals surface area contributed by atoms with Crippen molar-refractivity contribution in [2.24, 2.45) is 0 Å². The van der Waals surface area contributed by atoms with Crippen LogP contribution in [0.25, 0.3) is 0 Å². The number of nitrogens with one attached hydrogen (secondary N) is 2. The lowest BCUT2D eigenvalue weighted by atomic mass is 10.2. The van der Waals surface area contributed by atoms with Crippen LogP contribution >= 0.6 is 0 Å². The number of ether oxygens (including phenoxy) is 1. The lowest BCUT2D eigenvalue weighted by Gasteiger charge is -2.36. The highest BCUT2D eigenvalue weighted by Gasteiger charge is 2.22. The molecule has 0 aromatic heterocycles. The van der Waals surface area contributed by atoms with E-state index < -0.39 is 0 Å². The molecule has 1 aliphatic rings. The fourth-order valence-electron chi connectivity index (χ4n) is 2.56. The molecule has 21 heavy (non-hydrogen) atoms. The van der Waals surface area contributed by atoms with Crippen LogP contribution in [-0.4, -0.2) is 37.9 Å². The molecule has 5 heteroatoms. The number of hydrogen-bond acceptors (Lipinski definition) is 3. The zero-order valence-corrected chi connectivity index (χ0v) is 13.1. The van der Waals surface area contributed by atoms with E-state index >= 15 is 0 Å². The molecule has 2 rings (SSSR count). The van der Waals surface area contributed by atoms with Crippen molar-refractivity contribution in [2.45, 2.75) is 39.4 Å². The summed E-state index contributed by atoms with van der Waals surface area (Å²) in [5, 5.41) is 5.62. The van der Waals surface area contributed by atoms with E-state index in [-0.39, 0.29) is 18.2 Å². The van der Waals surface area contributed by atoms with Crippen molar-refractivity contribution in [3.8, 4) is 0 Å². The Morgan fingerprint density at radius 3 is 2.43 bits per heavy atom. The van der Waals surface area contributed by atoms with Gasteiger partial charge < -0.3 is 20.3 Å². The van der Waals surface area contributed by atoms with Crippen molar-refractivity contribution in [3.05, 3.63) is 24.3 Å². The third-order valence-corrected chi connectivity index (χ3v) is 3.45. The molecule has 5 nitrogen and oxygen atoms in total. The zero-order chi connectivity index (χ0) is 15.2. The molecule has 1 aliphatic heterocycles. The van der Waals surface area contributed by atoms with Gasteiger partial charge in [-0.15, -0.1) is 0 Å². The van der Waals surface area contributed by atoms with Gasteiger partial charge in [0.15, 0.2) is 0 Å². The Bertz CT molecular complexity index is 451. The third-order valence-electron chi connectivity index (χ3n) is 3.45. The van der Waals surface area contributed by atoms with E-state index in [1.54, 1.807) is 0 Å². The highest BCUT2D eigenvalue weighted by atomic mass is 16.5. The summed E-state index contributed by atoms with van der Waals surface area (Å²) in [5.74, 6) is 0. The Kier molecular flexibility index (Phi) is 5.44. The molecule has 1 saturated heterocycles. The van der Waals surface area contributed by atoms with Crippen LogP contribution in [0.15, 0.2) is 24.3 Å². The van der Waals surface area contributed by atoms with Crippen LogP contribution in [-0.2, 0) is 4.74 Å². The minimum atomic E-state index is -0.154. The fraction of sp³-hybridized carbons (Fsp3) is 0.562. The summed E-state index contributed by atoms with van der Waals surface area (Å²) >= 11 is 0. The number of benzene rings is 1. The van der Waals surface area contributed by atoms with Gasteiger partial charge in [0.2, 0.25) is 0 Å². The van der Waals surface area contributed by atoms with Crippen molar-refractivity contribution in [2.75, 3.05) is 29.9 Å². The van der Waals surface area contributed by atoms with Crippen molar-refractivity contribution in [1.29, 1.82) is 0 Å². The van der Waals surface area contributed by atoms with Crippen LogP contribution < -0.4 is 15.5 Å². The Balaban J connectivity index is 1.94. The first-order chi connectivity index (χ1) is 10.1. The number of hydrogen-bond donors (Lipinski definition) is 2. The minimum Gasteiger partial charge on any atom is -0.372 e. The molecule has 2 amide bonds. The van der Waals surface area contributed by atoms with Gasteiger partial charge in [-0.25, -0.2) is 4.79 Å². The summed E-state index contributed by atoms with van der Waals surface area (Å²) in [6, 6.07) is 7.80. The normalized spacial score (nSPS) is 22.0. The number of anilines is 2. The molecular formula is C16H25N3O2. The second-order valence-corrected chi connectivity index (χ2v) is 5.59. The molecule has 1 aromatic rings. The van der Waals surface area contributed by atoms with Crippen LogP contribution in [0.4, 0.5) is 16.2 Å². The second kappa shape index (κ2) is 7.31. The highest BCUT2D eigenvalue weighted by Crippen LogP contribution is 2.22. The molecule has 1 fully saturated rings. The number of urea groups is 1. The second-order valence-electron chi connectivity index (χ2n) is 5.59. The van der Waals surface area contributed by atoms with E-state index in [1.165, 1.54) is 0 Å². The highest BCUT2D eigenvalue weighted by molar-refractivity contribution is 5.89. The van der Waals surface area contributed by atoms with Gasteiger partial charge in [-0.3, -0.25) is 0 Å². The summed E-state index contributed by atoms with van der Waals surface area (Å²) in [6.45, 7) is 8.70. The Hall–Kier alpha value is -1.75. The number of carbonyl (C=O) groups excluding carboxylic acids is 1. The van der Waals surface area contributed by atoms with Gasteiger partial charge in [0.1, 0.15) is 0 Å². The summed E-state index contributed by atoms with van der Waals surface area (Å²) in [5.41, 5.74) is 1.97. The summed E-state index contributed by atoms with van der Waals surface area (Å²) in [7, 11) is 0. The van der Waals surface area contributed by atoms with E-state index in [2.05, 4.69) is 29.4 Å². The maximum Gasteiger partial charge on any atom is 0.319 e. The van der Waals surface area contributed by atoms with Gasteiger partial charge in [0.25, 0.3) is 0 Å². The molecule has 0 bridgehead atoms. The Morgan fingerprint density at radius 1 is 1.24 bits per heavy atom. The SMILES string of the molecule is CCCNC(=O)Nc1ccc(N2CC(C)OC(C)C2)cc1. The van der Waals surface area contributed by atoms with Crippen molar-refractivity contribution in [1.82, 2.24) is 5.32 Å². The molecule has 0 radical (unpaired) electrons. The molecule has 2 unspecified atom stereocenters. The van der Waals surface area contributed by atoms with Crippen LogP contribution in [0.1, 0.15) is 27.2 Å². The van der Waals surface area contributed by atoms with Crippen LogP contribution in [0.3, 0.4) is 0 Å². The van der Waals surface area contributed by atoms with Crippen LogP contribution in [0.2, 0.25) is 0 Å². The van der Waals surface area contributed by atoms with E-state index in [4.69, 9.17) is 4.74 Å². The fourth-order valence-corrected chi connectivity index (χ4v) is 2.56. The predicted octanol–water partition coefficient (Wildman–Crippen LogP) is 2.83. The monoisotopic (exact) mass is 291 g/mol. The van der Waals surface area contributed by atoms with Crippen LogP contribution in [0.5, 0.6) is 0 Å². The lowest BCUT2D eigenvalue weighted by molar-refractivity contribution is -0.00521. The van der Waals surface area contributed by atoms with E-state index in [0.29, 0.717) is 6.54 Å². The Morgan fingerprint density at radius 2 is 1.86 bits per heavy atom. The Labute approximate surface area is 126 Å². The number of rotatable bonds is 4. The number of amides is 2. The number of nitrogens with zero attached hydrogens (tertiary/aromatic N) is 1. The quantitative estimate of drug-likeness (QED) is 0.897. The first-order valence-electron chi connectivity index (χ1n) is 7.63. The van der Waals surface area contributed by atoms with Crippen molar-refractivity contribution < 1.29 is 9.53 Å². The van der Waals surface area contributed by atoms with E-state index in [1.807, 2.05) is 31.2 Å². The molecule has 0 spiro atoms. The molecular weight excluding hydrogens is 266 g/mol. The molecule has 0 saturated carbocycles. The van der Waals surface area contributed by atoms with Gasteiger partial charge in [-0.2, -0.15) is 0 Å². The van der Waals surface area contributed by atoms with Gasteiger partial charge in [0, 0.05) is 31.0 Å². The number of carbonyl (C=O) groups is 1. The maximum absolute atomic E-state index is 11.6. The van der Waals surface area contributed by atoms with Gasteiger partial charge in [-0.1, -0.05) is 6.92 Å². The van der Waals surface area contributed by atoms with E-state index in [9.17, 15) is 4.79 Å². The first kappa shape index (κ1) is 15.6. The average molecular weight is 291 g/mol. The summed E-state index contributed by atoms with van der Waals surface area (Å²) < 4.78 is 5.74. The molecule has 2 N–H and O–H groups in total. The van der Waals surface area contributed by atoms with Gasteiger partial charge >= 0.3 is 6.03 Å². The molecule has 2 atom stereocenters. The third kappa shape index (κ3) is 4.63. The minimum absolute atomic E-state index is 0.154. The maximum atomic E-state index is 11.6. The zero-order valence-electron chi connectivity index (χ0n) is 13.1. The average Bonchev–Trinajstić information content (AvgIpc) is 2.45. The summed E-state index contributed by atoms with van der Waals surface area (Å²) in [4.78, 5) is 13.9. The smallest absolute Gasteiger partial charge is 0.319 e. The van der Waals surface area contributed by atoms with Gasteiger partial charge in [-0.05, 0) is 44.5 Å². The van der Waals surface area contributed by atoms with Crippen LogP contribution in [0, 0.1) is 0 Å². The van der Waals surface area contributed by atoms with Crippen molar-refractivity contribution in [3.63, 3.8) is 0 Å². The standard InChI is InChI=1S/C16H25N3O2/c1-4-9-17-16(20)18-14-5-7-15(8-6-14)19-10-12(2)21-13(3)11-19/h5-8,12-13H,4,9-11H2,1-3H3,(H2,17,18,20). The largest absolute Gasteiger partial charge is 0.372 e. The summed E-state index contributed by atoms with van der Waals surface area (Å²) in [6.07, 6.45) is 1.41. The predicted molar refractivity (Wildman–Crippen MR) is 86.0 cm³/mol. The van der Waals surface area contributed by atoms with Crippen molar-refractivity contribution >= 4 is 17.4 Å². The van der Waals surface area contributed by atoms with Gasteiger partial charge in [0.05, 0.1) is 12.2 Å². The number of morpholine rings is 1.